The van der Waals surface area contributed by atoms with Gasteiger partial charge in [-0.1, -0.05) is 0 Å². The summed E-state index contributed by atoms with van der Waals surface area (Å²) in [6.45, 7) is 2.62. The van der Waals surface area contributed by atoms with Gasteiger partial charge in [0.2, 0.25) is 0 Å². The number of ether oxygens (including phenoxy) is 2. The van der Waals surface area contributed by atoms with Crippen molar-refractivity contribution in [3.8, 4) is 11.5 Å². The maximum atomic E-state index is 5.94. The van der Waals surface area contributed by atoms with E-state index in [9.17, 15) is 0 Å². The minimum absolute atomic E-state index is 0.0522. The predicted molar refractivity (Wildman–Crippen MR) is 67.8 cm³/mol. The number of hydrogen-bond donors (Lipinski definition) is 1. The molecule has 1 heterocycles. The van der Waals surface area contributed by atoms with Crippen LogP contribution in [0.5, 0.6) is 11.5 Å². The fraction of sp³-hybridized carbons (Fsp3) is 0.538. The lowest BCUT2D eigenvalue weighted by Crippen LogP contribution is -2.61. The second-order valence-corrected chi connectivity index (χ2v) is 4.76. The highest BCUT2D eigenvalue weighted by Crippen LogP contribution is 2.36. The van der Waals surface area contributed by atoms with E-state index < -0.39 is 0 Å². The predicted octanol–water partition coefficient (Wildman–Crippen LogP) is 0.846. The van der Waals surface area contributed by atoms with Gasteiger partial charge in [0.05, 0.1) is 14.2 Å². The minimum Gasteiger partial charge on any atom is -0.497 e. The van der Waals surface area contributed by atoms with Gasteiger partial charge in [0, 0.05) is 31.1 Å². The quantitative estimate of drug-likeness (QED) is 0.842. The summed E-state index contributed by atoms with van der Waals surface area (Å²) in [6, 6.07) is 6.00. The van der Waals surface area contributed by atoms with Crippen molar-refractivity contribution in [2.75, 3.05) is 40.9 Å². The number of nitrogens with two attached hydrogens (primary N) is 1. The fourth-order valence-electron chi connectivity index (χ4n) is 2.53. The molecule has 0 spiro atoms. The molecule has 1 fully saturated rings. The molecule has 0 aromatic heterocycles. The highest BCUT2D eigenvalue weighted by molar-refractivity contribution is 5.43. The third-order valence-corrected chi connectivity index (χ3v) is 3.50. The second kappa shape index (κ2) is 4.55. The zero-order chi connectivity index (χ0) is 12.5. The summed E-state index contributed by atoms with van der Waals surface area (Å²) in [7, 11) is 5.44. The average Bonchev–Trinajstić information content (AvgIpc) is 2.33. The van der Waals surface area contributed by atoms with Crippen LogP contribution in [0.25, 0.3) is 0 Å². The zero-order valence-corrected chi connectivity index (χ0v) is 10.7. The van der Waals surface area contributed by atoms with Gasteiger partial charge in [-0.25, -0.2) is 0 Å². The standard InChI is InChI=1S/C13H20N2O2/c1-15-8-13(7-14,9-15)10-4-11(16-2)6-12(5-10)17-3/h4-6H,7-9,14H2,1-3H3. The molecule has 2 rings (SSSR count). The van der Waals surface area contributed by atoms with Gasteiger partial charge >= 0.3 is 0 Å². The van der Waals surface area contributed by atoms with Crippen LogP contribution in [0.4, 0.5) is 0 Å². The summed E-state index contributed by atoms with van der Waals surface area (Å²) in [5.41, 5.74) is 7.19. The van der Waals surface area contributed by atoms with E-state index in [1.165, 1.54) is 5.56 Å². The van der Waals surface area contributed by atoms with Crippen LogP contribution >= 0.6 is 0 Å². The lowest BCUT2D eigenvalue weighted by molar-refractivity contribution is 0.0996. The van der Waals surface area contributed by atoms with Gasteiger partial charge in [-0.05, 0) is 24.7 Å². The number of likely N-dealkylation sites (tertiary alicyclic amines) is 1. The van der Waals surface area contributed by atoms with Crippen molar-refractivity contribution in [1.29, 1.82) is 0 Å². The topological polar surface area (TPSA) is 47.7 Å². The summed E-state index contributed by atoms with van der Waals surface area (Å²) in [5.74, 6) is 1.64. The third-order valence-electron chi connectivity index (χ3n) is 3.50. The van der Waals surface area contributed by atoms with Gasteiger partial charge in [0.25, 0.3) is 0 Å². The molecule has 1 aromatic rings. The third kappa shape index (κ3) is 2.10. The zero-order valence-electron chi connectivity index (χ0n) is 10.7. The van der Waals surface area contributed by atoms with Gasteiger partial charge in [0.1, 0.15) is 11.5 Å². The molecule has 0 saturated carbocycles. The first-order valence-electron chi connectivity index (χ1n) is 5.76. The number of nitrogens with zero attached hydrogens (tertiary/aromatic N) is 1. The summed E-state index contributed by atoms with van der Waals surface area (Å²) in [4.78, 5) is 2.26. The van der Waals surface area contributed by atoms with E-state index in [4.69, 9.17) is 15.2 Å². The Bertz CT molecular complexity index is 378. The first-order valence-corrected chi connectivity index (χ1v) is 5.76. The van der Waals surface area contributed by atoms with Gasteiger partial charge < -0.3 is 20.1 Å². The molecule has 94 valence electrons. The van der Waals surface area contributed by atoms with Gasteiger partial charge in [-0.2, -0.15) is 0 Å². The first kappa shape index (κ1) is 12.2. The fourth-order valence-corrected chi connectivity index (χ4v) is 2.53. The smallest absolute Gasteiger partial charge is 0.122 e. The molecule has 1 aromatic carbocycles. The normalized spacial score (nSPS) is 18.6. The van der Waals surface area contributed by atoms with E-state index in [1.807, 2.05) is 6.07 Å². The van der Waals surface area contributed by atoms with Crippen molar-refractivity contribution in [1.82, 2.24) is 4.90 Å². The van der Waals surface area contributed by atoms with Gasteiger partial charge in [0.15, 0.2) is 0 Å². The lowest BCUT2D eigenvalue weighted by Gasteiger charge is -2.48. The molecule has 0 unspecified atom stereocenters. The summed E-state index contributed by atoms with van der Waals surface area (Å²) in [6.07, 6.45) is 0. The maximum absolute atomic E-state index is 5.94. The number of methoxy groups -OCH3 is 2. The summed E-state index contributed by atoms with van der Waals surface area (Å²) >= 11 is 0. The first-order chi connectivity index (χ1) is 8.13. The molecular weight excluding hydrogens is 216 g/mol. The van der Waals surface area contributed by atoms with Crippen molar-refractivity contribution in [2.24, 2.45) is 5.73 Å². The highest BCUT2D eigenvalue weighted by atomic mass is 16.5. The van der Waals surface area contributed by atoms with Crippen LogP contribution in [0.15, 0.2) is 18.2 Å². The molecule has 4 nitrogen and oxygen atoms in total. The molecular formula is C13H20N2O2. The van der Waals surface area contributed by atoms with Crippen molar-refractivity contribution in [3.63, 3.8) is 0 Å². The van der Waals surface area contributed by atoms with Crippen LogP contribution < -0.4 is 15.2 Å². The van der Waals surface area contributed by atoms with E-state index in [1.54, 1.807) is 14.2 Å². The molecule has 2 N–H and O–H groups in total. The molecule has 1 aliphatic heterocycles. The Labute approximate surface area is 102 Å². The Morgan fingerprint density at radius 1 is 1.18 bits per heavy atom. The Morgan fingerprint density at radius 3 is 2.06 bits per heavy atom. The molecule has 17 heavy (non-hydrogen) atoms. The van der Waals surface area contributed by atoms with Crippen LogP contribution in [-0.2, 0) is 5.41 Å². The SMILES string of the molecule is COc1cc(OC)cc(C2(CN)CN(C)C2)c1. The molecule has 0 radical (unpaired) electrons. The highest BCUT2D eigenvalue weighted by Gasteiger charge is 2.41. The number of benzene rings is 1. The minimum atomic E-state index is 0.0522. The Morgan fingerprint density at radius 2 is 1.71 bits per heavy atom. The number of hydrogen-bond acceptors (Lipinski definition) is 4. The molecule has 0 amide bonds. The second-order valence-electron chi connectivity index (χ2n) is 4.76. The molecule has 0 aliphatic carbocycles. The van der Waals surface area contributed by atoms with Crippen LogP contribution in [0.3, 0.4) is 0 Å². The lowest BCUT2D eigenvalue weighted by atomic mass is 9.74. The maximum Gasteiger partial charge on any atom is 0.122 e. The number of likely N-dealkylation sites (N-methyl/N-ethyl adjacent to an activating group) is 1. The van der Waals surface area contributed by atoms with E-state index in [-0.39, 0.29) is 5.41 Å². The van der Waals surface area contributed by atoms with Crippen molar-refractivity contribution < 1.29 is 9.47 Å². The molecule has 0 atom stereocenters. The molecule has 4 heteroatoms. The van der Waals surface area contributed by atoms with E-state index in [0.717, 1.165) is 24.6 Å². The monoisotopic (exact) mass is 236 g/mol. The largest absolute Gasteiger partial charge is 0.497 e. The van der Waals surface area contributed by atoms with Crippen LogP contribution in [0, 0.1) is 0 Å². The summed E-state index contributed by atoms with van der Waals surface area (Å²) < 4.78 is 10.6. The van der Waals surface area contributed by atoms with Crippen LogP contribution in [0.2, 0.25) is 0 Å². The summed E-state index contributed by atoms with van der Waals surface area (Å²) in [5, 5.41) is 0. The van der Waals surface area contributed by atoms with Crippen LogP contribution in [-0.4, -0.2) is 45.8 Å². The van der Waals surface area contributed by atoms with Crippen molar-refractivity contribution in [2.45, 2.75) is 5.41 Å². The molecule has 1 aliphatic rings. The van der Waals surface area contributed by atoms with E-state index in [2.05, 4.69) is 24.1 Å². The van der Waals surface area contributed by atoms with Gasteiger partial charge in [-0.15, -0.1) is 0 Å². The van der Waals surface area contributed by atoms with Gasteiger partial charge in [-0.3, -0.25) is 0 Å². The Kier molecular flexibility index (Phi) is 3.26. The Hall–Kier alpha value is -1.26. The van der Waals surface area contributed by atoms with Crippen LogP contribution in [0.1, 0.15) is 5.56 Å². The Balaban J connectivity index is 2.36. The van der Waals surface area contributed by atoms with E-state index >= 15 is 0 Å². The van der Waals surface area contributed by atoms with E-state index in [0.29, 0.717) is 6.54 Å². The average molecular weight is 236 g/mol. The number of rotatable bonds is 4. The van der Waals surface area contributed by atoms with Crippen molar-refractivity contribution >= 4 is 0 Å². The molecule has 1 saturated heterocycles. The van der Waals surface area contributed by atoms with Crippen molar-refractivity contribution in [3.05, 3.63) is 23.8 Å². The molecule has 0 bridgehead atoms.